The maximum absolute atomic E-state index is 5.83. The lowest BCUT2D eigenvalue weighted by Crippen LogP contribution is -2.42. The number of aromatic nitrogens is 1. The molecule has 2 aliphatic rings. The summed E-state index contributed by atoms with van der Waals surface area (Å²) < 4.78 is 5.83. The molecular weight excluding hydrogens is 200 g/mol. The molecule has 0 amide bonds. The van der Waals surface area contributed by atoms with Gasteiger partial charge in [0, 0.05) is 18.8 Å². The number of fused-ring (bicyclic) bond motifs is 2. The van der Waals surface area contributed by atoms with Gasteiger partial charge in [-0.25, -0.2) is 0 Å². The summed E-state index contributed by atoms with van der Waals surface area (Å²) >= 11 is 0. The van der Waals surface area contributed by atoms with Crippen molar-refractivity contribution in [1.82, 2.24) is 4.98 Å². The van der Waals surface area contributed by atoms with Crippen LogP contribution in [-0.4, -0.2) is 30.3 Å². The maximum Gasteiger partial charge on any atom is 0.0755 e. The lowest BCUT2D eigenvalue weighted by molar-refractivity contribution is 0.0305. The van der Waals surface area contributed by atoms with Crippen molar-refractivity contribution < 1.29 is 4.74 Å². The largest absolute Gasteiger partial charge is 0.371 e. The molecule has 3 nitrogen and oxygen atoms in total. The van der Waals surface area contributed by atoms with E-state index in [2.05, 4.69) is 28.9 Å². The van der Waals surface area contributed by atoms with Gasteiger partial charge in [-0.2, -0.15) is 0 Å². The minimum Gasteiger partial charge on any atom is -0.371 e. The highest BCUT2D eigenvalue weighted by atomic mass is 16.5. The van der Waals surface area contributed by atoms with Crippen LogP contribution in [0.5, 0.6) is 0 Å². The number of nitrogens with zero attached hydrogens (tertiary/aromatic N) is 2. The smallest absolute Gasteiger partial charge is 0.0755 e. The van der Waals surface area contributed by atoms with Gasteiger partial charge in [0.2, 0.25) is 0 Å². The van der Waals surface area contributed by atoms with Gasteiger partial charge in [0.15, 0.2) is 0 Å². The number of hydrogen-bond acceptors (Lipinski definition) is 3. The minimum absolute atomic E-state index is 0.449. The maximum atomic E-state index is 5.83. The fourth-order valence-electron chi connectivity index (χ4n) is 2.64. The summed E-state index contributed by atoms with van der Waals surface area (Å²) in [6.07, 6.45) is 6.36. The van der Waals surface area contributed by atoms with Crippen molar-refractivity contribution in [2.45, 2.75) is 38.4 Å². The second kappa shape index (κ2) is 4.06. The van der Waals surface area contributed by atoms with E-state index in [4.69, 9.17) is 4.74 Å². The molecule has 86 valence electrons. The van der Waals surface area contributed by atoms with Crippen LogP contribution in [0.25, 0.3) is 0 Å². The molecule has 3 heteroatoms. The molecule has 16 heavy (non-hydrogen) atoms. The molecule has 2 aliphatic heterocycles. The molecule has 0 spiro atoms. The fourth-order valence-corrected chi connectivity index (χ4v) is 2.64. The van der Waals surface area contributed by atoms with E-state index in [-0.39, 0.29) is 0 Å². The van der Waals surface area contributed by atoms with Crippen molar-refractivity contribution in [3.05, 3.63) is 24.0 Å². The summed E-state index contributed by atoms with van der Waals surface area (Å²) in [4.78, 5) is 6.88. The summed E-state index contributed by atoms with van der Waals surface area (Å²) in [7, 11) is 0. The summed E-state index contributed by atoms with van der Waals surface area (Å²) in [5.74, 6) is 0. The average molecular weight is 218 g/mol. The third kappa shape index (κ3) is 1.80. The molecule has 0 aliphatic carbocycles. The molecule has 3 rings (SSSR count). The quantitative estimate of drug-likeness (QED) is 0.759. The third-order valence-electron chi connectivity index (χ3n) is 3.58. The molecule has 2 fully saturated rings. The highest BCUT2D eigenvalue weighted by Gasteiger charge is 2.33. The molecule has 0 N–H and O–H groups in total. The second-order valence-electron chi connectivity index (χ2n) is 4.72. The Kier molecular flexibility index (Phi) is 2.56. The van der Waals surface area contributed by atoms with Crippen molar-refractivity contribution in [2.24, 2.45) is 0 Å². The SMILES string of the molecule is CCc1ccc(N2C[C@H]3CC[C@@H](C2)O3)cn1. The first-order valence-corrected chi connectivity index (χ1v) is 6.20. The van der Waals surface area contributed by atoms with Gasteiger partial charge in [-0.3, -0.25) is 4.98 Å². The van der Waals surface area contributed by atoms with E-state index in [0.717, 1.165) is 19.5 Å². The average Bonchev–Trinajstić information content (AvgIpc) is 2.68. The molecule has 2 bridgehead atoms. The lowest BCUT2D eigenvalue weighted by Gasteiger charge is -2.33. The number of aryl methyl sites for hydroxylation is 1. The van der Waals surface area contributed by atoms with Gasteiger partial charge in [-0.1, -0.05) is 6.92 Å². The monoisotopic (exact) mass is 218 g/mol. The number of rotatable bonds is 2. The van der Waals surface area contributed by atoms with Gasteiger partial charge >= 0.3 is 0 Å². The molecule has 0 saturated carbocycles. The van der Waals surface area contributed by atoms with Crippen LogP contribution in [0.15, 0.2) is 18.3 Å². The van der Waals surface area contributed by atoms with Crippen LogP contribution in [0.1, 0.15) is 25.5 Å². The number of pyridine rings is 1. The standard InChI is InChI=1S/C13H18N2O/c1-2-10-3-4-11(7-14-10)15-8-12-5-6-13(9-15)16-12/h3-4,7,12-13H,2,5-6,8-9H2,1H3/t12-,13+. The Hall–Kier alpha value is -1.09. The van der Waals surface area contributed by atoms with Gasteiger partial charge in [0.25, 0.3) is 0 Å². The van der Waals surface area contributed by atoms with Crippen molar-refractivity contribution in [2.75, 3.05) is 18.0 Å². The summed E-state index contributed by atoms with van der Waals surface area (Å²) in [5, 5.41) is 0. The first-order valence-electron chi connectivity index (χ1n) is 6.20. The van der Waals surface area contributed by atoms with E-state index in [0.29, 0.717) is 12.2 Å². The van der Waals surface area contributed by atoms with Crippen LogP contribution < -0.4 is 4.90 Å². The first kappa shape index (κ1) is 10.1. The predicted octanol–water partition coefficient (Wildman–Crippen LogP) is 2.01. The number of morpholine rings is 1. The van der Waals surface area contributed by atoms with Gasteiger partial charge in [-0.15, -0.1) is 0 Å². The van der Waals surface area contributed by atoms with Crippen molar-refractivity contribution in [3.8, 4) is 0 Å². The van der Waals surface area contributed by atoms with Crippen molar-refractivity contribution in [3.63, 3.8) is 0 Å². The normalized spacial score (nSPS) is 28.4. The van der Waals surface area contributed by atoms with Crippen molar-refractivity contribution in [1.29, 1.82) is 0 Å². The Labute approximate surface area is 96.4 Å². The Morgan fingerprint density at radius 2 is 2.06 bits per heavy atom. The Balaban J connectivity index is 1.76. The minimum atomic E-state index is 0.449. The Morgan fingerprint density at radius 1 is 1.31 bits per heavy atom. The molecule has 1 aromatic heterocycles. The fraction of sp³-hybridized carbons (Fsp3) is 0.615. The molecule has 2 atom stereocenters. The van der Waals surface area contributed by atoms with Gasteiger partial charge in [0.05, 0.1) is 24.1 Å². The summed E-state index contributed by atoms with van der Waals surface area (Å²) in [6.45, 7) is 4.20. The molecule has 0 radical (unpaired) electrons. The van der Waals surface area contributed by atoms with Gasteiger partial charge in [0.1, 0.15) is 0 Å². The molecular formula is C13H18N2O. The van der Waals surface area contributed by atoms with E-state index in [1.165, 1.54) is 24.2 Å². The topological polar surface area (TPSA) is 25.4 Å². The van der Waals surface area contributed by atoms with Crippen molar-refractivity contribution >= 4 is 5.69 Å². The Bertz CT molecular complexity index is 351. The first-order chi connectivity index (χ1) is 7.85. The molecule has 0 aromatic carbocycles. The third-order valence-corrected chi connectivity index (χ3v) is 3.58. The predicted molar refractivity (Wildman–Crippen MR) is 63.7 cm³/mol. The molecule has 0 unspecified atom stereocenters. The van der Waals surface area contributed by atoms with E-state index in [1.54, 1.807) is 0 Å². The number of anilines is 1. The van der Waals surface area contributed by atoms with Crippen LogP contribution >= 0.6 is 0 Å². The van der Waals surface area contributed by atoms with E-state index >= 15 is 0 Å². The van der Waals surface area contributed by atoms with Gasteiger partial charge in [-0.05, 0) is 31.4 Å². The summed E-state index contributed by atoms with van der Waals surface area (Å²) in [6, 6.07) is 4.32. The number of hydrogen-bond donors (Lipinski definition) is 0. The van der Waals surface area contributed by atoms with Crippen LogP contribution in [0, 0.1) is 0 Å². The summed E-state index contributed by atoms with van der Waals surface area (Å²) in [5.41, 5.74) is 2.41. The van der Waals surface area contributed by atoms with E-state index in [1.807, 2.05) is 6.20 Å². The van der Waals surface area contributed by atoms with Crippen LogP contribution in [-0.2, 0) is 11.2 Å². The zero-order valence-corrected chi connectivity index (χ0v) is 9.72. The molecule has 3 heterocycles. The zero-order chi connectivity index (χ0) is 11.0. The Morgan fingerprint density at radius 3 is 2.62 bits per heavy atom. The van der Waals surface area contributed by atoms with Crippen LogP contribution in [0.3, 0.4) is 0 Å². The highest BCUT2D eigenvalue weighted by molar-refractivity contribution is 5.45. The second-order valence-corrected chi connectivity index (χ2v) is 4.72. The number of ether oxygens (including phenoxy) is 1. The van der Waals surface area contributed by atoms with Crippen LogP contribution in [0.4, 0.5) is 5.69 Å². The zero-order valence-electron chi connectivity index (χ0n) is 9.72. The van der Waals surface area contributed by atoms with Gasteiger partial charge < -0.3 is 9.64 Å². The highest BCUT2D eigenvalue weighted by Crippen LogP contribution is 2.29. The lowest BCUT2D eigenvalue weighted by atomic mass is 10.2. The molecule has 2 saturated heterocycles. The molecule has 1 aromatic rings. The van der Waals surface area contributed by atoms with Crippen LogP contribution in [0.2, 0.25) is 0 Å². The van der Waals surface area contributed by atoms with E-state index < -0.39 is 0 Å². The van der Waals surface area contributed by atoms with E-state index in [9.17, 15) is 0 Å².